The topological polar surface area (TPSA) is 104 Å². The smallest absolute Gasteiger partial charge is 0.261 e. The van der Waals surface area contributed by atoms with Crippen LogP contribution in [0.4, 0.5) is 5.69 Å². The molecule has 0 bridgehead atoms. The molecule has 9 nitrogen and oxygen atoms in total. The molecule has 2 aliphatic rings. The van der Waals surface area contributed by atoms with E-state index in [0.29, 0.717) is 23.6 Å². The number of hydrogen-bond acceptors (Lipinski definition) is 7. The van der Waals surface area contributed by atoms with E-state index in [1.165, 1.54) is 12.4 Å². The van der Waals surface area contributed by atoms with Gasteiger partial charge < -0.3 is 19.3 Å². The molecule has 1 aliphatic heterocycles. The fourth-order valence-corrected chi connectivity index (χ4v) is 5.77. The van der Waals surface area contributed by atoms with Crippen molar-refractivity contribution in [1.29, 1.82) is 0 Å². The number of anilines is 1. The first-order valence-corrected chi connectivity index (χ1v) is 13.8. The van der Waals surface area contributed by atoms with Gasteiger partial charge in [0.05, 0.1) is 28.8 Å². The summed E-state index contributed by atoms with van der Waals surface area (Å²) in [4.78, 5) is 33.4. The van der Waals surface area contributed by atoms with Crippen LogP contribution < -0.4 is 19.9 Å². The predicted molar refractivity (Wildman–Crippen MR) is 146 cm³/mol. The zero-order valence-electron chi connectivity index (χ0n) is 21.5. The fourth-order valence-electron chi connectivity index (χ4n) is 5.24. The van der Waals surface area contributed by atoms with Crippen LogP contribution in [0.1, 0.15) is 61.7 Å². The summed E-state index contributed by atoms with van der Waals surface area (Å²) in [7, 11) is 1.61. The van der Waals surface area contributed by atoms with Crippen LogP contribution in [-0.4, -0.2) is 65.8 Å². The van der Waals surface area contributed by atoms with E-state index in [-0.39, 0.29) is 40.1 Å². The highest BCUT2D eigenvalue weighted by Gasteiger charge is 2.33. The molecule has 11 heteroatoms. The van der Waals surface area contributed by atoms with Crippen LogP contribution >= 0.6 is 23.2 Å². The number of benzene rings is 1. The van der Waals surface area contributed by atoms with Gasteiger partial charge in [0.25, 0.3) is 5.91 Å². The Balaban J connectivity index is 1.59. The van der Waals surface area contributed by atoms with Crippen LogP contribution in [0.15, 0.2) is 30.6 Å². The standard InChI is InChI=1S/C27H34Cl2N4O5/c1-37-23-9-8-19(15-24(23)38-20-5-2-3-6-20)33(27(35)26-21(28)16-30-17-22(26)29)18-10-13-32(14-11-18)12-4-7-25(34)31-36/h8-9,15-18,20,36H,2-7,10-14H2,1H3,(H,31,34). The van der Waals surface area contributed by atoms with Gasteiger partial charge in [-0.3, -0.25) is 19.8 Å². The van der Waals surface area contributed by atoms with Crippen molar-refractivity contribution in [2.45, 2.75) is 63.5 Å². The minimum atomic E-state index is -0.391. The van der Waals surface area contributed by atoms with Crippen molar-refractivity contribution in [2.24, 2.45) is 0 Å². The summed E-state index contributed by atoms with van der Waals surface area (Å²) in [6, 6.07) is 5.46. The maximum Gasteiger partial charge on any atom is 0.261 e. The Morgan fingerprint density at radius 3 is 2.42 bits per heavy atom. The number of rotatable bonds is 10. The monoisotopic (exact) mass is 564 g/mol. The molecule has 0 atom stereocenters. The summed E-state index contributed by atoms with van der Waals surface area (Å²) < 4.78 is 11.9. The molecule has 4 rings (SSSR count). The molecule has 1 aromatic carbocycles. The third-order valence-corrected chi connectivity index (χ3v) is 7.81. The zero-order chi connectivity index (χ0) is 27.1. The molecule has 0 unspecified atom stereocenters. The van der Waals surface area contributed by atoms with Crippen molar-refractivity contribution in [3.05, 3.63) is 46.2 Å². The summed E-state index contributed by atoms with van der Waals surface area (Å²) in [5.74, 6) is 0.548. The van der Waals surface area contributed by atoms with E-state index >= 15 is 0 Å². The highest BCUT2D eigenvalue weighted by Crippen LogP contribution is 2.38. The first-order chi connectivity index (χ1) is 18.4. The molecule has 1 aromatic heterocycles. The lowest BCUT2D eigenvalue weighted by molar-refractivity contribution is -0.129. The molecule has 2 aromatic rings. The Bertz CT molecular complexity index is 1100. The molecular formula is C27H34Cl2N4O5. The highest BCUT2D eigenvalue weighted by molar-refractivity contribution is 6.40. The molecule has 1 saturated carbocycles. The molecule has 2 heterocycles. The van der Waals surface area contributed by atoms with Crippen LogP contribution in [0.2, 0.25) is 10.0 Å². The average Bonchev–Trinajstić information content (AvgIpc) is 3.43. The molecule has 0 spiro atoms. The highest BCUT2D eigenvalue weighted by atomic mass is 35.5. The second-order valence-corrected chi connectivity index (χ2v) is 10.5. The molecule has 2 N–H and O–H groups in total. The third-order valence-electron chi connectivity index (χ3n) is 7.23. The molecule has 0 radical (unpaired) electrons. The number of nitrogens with one attached hydrogen (secondary N) is 1. The van der Waals surface area contributed by atoms with Crippen molar-refractivity contribution in [3.63, 3.8) is 0 Å². The molecule has 2 amide bonds. The quantitative estimate of drug-likeness (QED) is 0.305. The zero-order valence-corrected chi connectivity index (χ0v) is 23.0. The summed E-state index contributed by atoms with van der Waals surface area (Å²) in [5.41, 5.74) is 2.57. The Morgan fingerprint density at radius 1 is 1.11 bits per heavy atom. The van der Waals surface area contributed by atoms with E-state index in [1.54, 1.807) is 17.5 Å². The Hall–Kier alpha value is -2.59. The molecule has 206 valence electrons. The van der Waals surface area contributed by atoms with E-state index in [4.69, 9.17) is 37.9 Å². The van der Waals surface area contributed by atoms with Gasteiger partial charge >= 0.3 is 0 Å². The summed E-state index contributed by atoms with van der Waals surface area (Å²) >= 11 is 12.8. The van der Waals surface area contributed by atoms with Gasteiger partial charge in [-0.2, -0.15) is 0 Å². The Morgan fingerprint density at radius 2 is 1.79 bits per heavy atom. The SMILES string of the molecule is COc1ccc(N(C(=O)c2c(Cl)cncc2Cl)C2CCN(CCCC(=O)NO)CC2)cc1OC1CCCC1. The number of ether oxygens (including phenoxy) is 2. The molecular weight excluding hydrogens is 531 g/mol. The number of carbonyl (C=O) groups excluding carboxylic acids is 2. The minimum Gasteiger partial charge on any atom is -0.493 e. The molecule has 38 heavy (non-hydrogen) atoms. The maximum absolute atomic E-state index is 14.0. The number of carbonyl (C=O) groups is 2. The van der Waals surface area contributed by atoms with Gasteiger partial charge in [-0.1, -0.05) is 23.2 Å². The molecule has 2 fully saturated rings. The lowest BCUT2D eigenvalue weighted by Crippen LogP contribution is -2.48. The van der Waals surface area contributed by atoms with Crippen molar-refractivity contribution in [1.82, 2.24) is 15.4 Å². The number of pyridine rings is 1. The third kappa shape index (κ3) is 6.88. The summed E-state index contributed by atoms with van der Waals surface area (Å²) in [5, 5.41) is 9.10. The van der Waals surface area contributed by atoms with E-state index in [0.717, 1.165) is 58.2 Å². The van der Waals surface area contributed by atoms with Gasteiger partial charge in [-0.15, -0.1) is 0 Å². The van der Waals surface area contributed by atoms with E-state index in [1.807, 2.05) is 18.2 Å². The van der Waals surface area contributed by atoms with Crippen LogP contribution in [0.25, 0.3) is 0 Å². The summed E-state index contributed by atoms with van der Waals surface area (Å²) in [6.45, 7) is 2.25. The second kappa shape index (κ2) is 13.5. The van der Waals surface area contributed by atoms with Gasteiger partial charge in [0.1, 0.15) is 0 Å². The number of hydroxylamine groups is 1. The van der Waals surface area contributed by atoms with Crippen LogP contribution in [0.3, 0.4) is 0 Å². The predicted octanol–water partition coefficient (Wildman–Crippen LogP) is 5.12. The summed E-state index contributed by atoms with van der Waals surface area (Å²) in [6.07, 6.45) is 9.60. The maximum atomic E-state index is 14.0. The Labute approximate surface area is 233 Å². The van der Waals surface area contributed by atoms with E-state index in [9.17, 15) is 9.59 Å². The van der Waals surface area contributed by atoms with E-state index < -0.39 is 5.91 Å². The normalized spacial score (nSPS) is 16.8. The van der Waals surface area contributed by atoms with Gasteiger partial charge in [0.2, 0.25) is 5.91 Å². The average molecular weight is 565 g/mol. The number of amides is 2. The number of piperidine rings is 1. The van der Waals surface area contributed by atoms with Crippen LogP contribution in [-0.2, 0) is 4.79 Å². The lowest BCUT2D eigenvalue weighted by Gasteiger charge is -2.39. The number of hydrogen-bond donors (Lipinski definition) is 2. The second-order valence-electron chi connectivity index (χ2n) is 9.72. The van der Waals surface area contributed by atoms with Crippen molar-refractivity contribution >= 4 is 40.7 Å². The van der Waals surface area contributed by atoms with Gasteiger partial charge in [-0.25, -0.2) is 5.48 Å². The fraction of sp³-hybridized carbons (Fsp3) is 0.519. The number of halogens is 2. The molecule has 1 saturated heterocycles. The Kier molecular flexibility index (Phi) is 10.1. The van der Waals surface area contributed by atoms with Crippen LogP contribution in [0, 0.1) is 0 Å². The minimum absolute atomic E-state index is 0.104. The van der Waals surface area contributed by atoms with Crippen LogP contribution in [0.5, 0.6) is 11.5 Å². The van der Waals surface area contributed by atoms with E-state index in [2.05, 4.69) is 9.88 Å². The van der Waals surface area contributed by atoms with Crippen molar-refractivity contribution in [2.75, 3.05) is 31.6 Å². The number of aromatic nitrogens is 1. The van der Waals surface area contributed by atoms with Crippen molar-refractivity contribution in [3.8, 4) is 11.5 Å². The van der Waals surface area contributed by atoms with Gasteiger partial charge in [0, 0.05) is 49.7 Å². The van der Waals surface area contributed by atoms with Crippen molar-refractivity contribution < 1.29 is 24.3 Å². The van der Waals surface area contributed by atoms with Gasteiger partial charge in [0.15, 0.2) is 11.5 Å². The number of methoxy groups -OCH3 is 1. The molecule has 1 aliphatic carbocycles. The first kappa shape index (κ1) is 28.4. The first-order valence-electron chi connectivity index (χ1n) is 13.0. The number of likely N-dealkylation sites (tertiary alicyclic amines) is 1. The largest absolute Gasteiger partial charge is 0.493 e. The number of nitrogens with zero attached hydrogens (tertiary/aromatic N) is 3. The lowest BCUT2D eigenvalue weighted by atomic mass is 10.0. The van der Waals surface area contributed by atoms with Gasteiger partial charge in [-0.05, 0) is 63.6 Å².